The number of hydrogen-bond acceptors (Lipinski definition) is 4. The molecule has 1 heterocycles. The van der Waals surface area contributed by atoms with Gasteiger partial charge in [-0.1, -0.05) is 29.5 Å². The molecule has 0 radical (unpaired) electrons. The van der Waals surface area contributed by atoms with E-state index in [-0.39, 0.29) is 0 Å². The van der Waals surface area contributed by atoms with Crippen LogP contribution in [-0.4, -0.2) is 16.5 Å². The predicted molar refractivity (Wildman–Crippen MR) is 81.0 cm³/mol. The highest BCUT2D eigenvalue weighted by molar-refractivity contribution is 7.99. The minimum Gasteiger partial charge on any atom is -0.370 e. The average molecular weight is 273 g/mol. The summed E-state index contributed by atoms with van der Waals surface area (Å²) in [5, 5.41) is 4.22. The van der Waals surface area contributed by atoms with Crippen LogP contribution in [0.25, 0.3) is 0 Å². The van der Waals surface area contributed by atoms with Crippen LogP contribution in [0.4, 0.5) is 5.82 Å². The van der Waals surface area contributed by atoms with E-state index in [0.717, 1.165) is 23.2 Å². The van der Waals surface area contributed by atoms with E-state index in [1.54, 1.807) is 11.8 Å². The van der Waals surface area contributed by atoms with E-state index in [1.165, 1.54) is 16.0 Å². The average Bonchev–Trinajstić information content (AvgIpc) is 2.32. The zero-order chi connectivity index (χ0) is 13.8. The van der Waals surface area contributed by atoms with Crippen LogP contribution in [0.5, 0.6) is 0 Å². The molecule has 2 aromatic rings. The van der Waals surface area contributed by atoms with Crippen molar-refractivity contribution >= 4 is 17.6 Å². The number of rotatable bonds is 4. The molecule has 0 aliphatic heterocycles. The summed E-state index contributed by atoms with van der Waals surface area (Å²) in [4.78, 5) is 10.1. The molecule has 100 valence electrons. The standard InChI is InChI=1S/C15H19N3S/c1-5-16-14-9-15(18-12(4)17-14)19-13-7-6-10(2)8-11(13)3/h6-9H,5H2,1-4H3,(H,16,17,18). The number of hydrogen-bond donors (Lipinski definition) is 1. The van der Waals surface area contributed by atoms with Gasteiger partial charge in [-0.3, -0.25) is 0 Å². The molecule has 0 amide bonds. The van der Waals surface area contributed by atoms with Crippen molar-refractivity contribution in [3.8, 4) is 0 Å². The van der Waals surface area contributed by atoms with Gasteiger partial charge < -0.3 is 5.32 Å². The Balaban J connectivity index is 2.27. The van der Waals surface area contributed by atoms with Crippen LogP contribution in [-0.2, 0) is 0 Å². The maximum Gasteiger partial charge on any atom is 0.130 e. The van der Waals surface area contributed by atoms with Crippen LogP contribution in [0.15, 0.2) is 34.2 Å². The van der Waals surface area contributed by atoms with Gasteiger partial charge in [-0.15, -0.1) is 0 Å². The largest absolute Gasteiger partial charge is 0.370 e. The third-order valence-corrected chi connectivity index (χ3v) is 3.81. The molecular weight excluding hydrogens is 254 g/mol. The summed E-state index contributed by atoms with van der Waals surface area (Å²) in [6.45, 7) is 9.10. The Bertz CT molecular complexity index is 582. The van der Waals surface area contributed by atoms with Gasteiger partial charge in [-0.2, -0.15) is 0 Å². The fourth-order valence-corrected chi connectivity index (χ4v) is 2.82. The maximum absolute atomic E-state index is 4.49. The molecule has 1 aromatic heterocycles. The first-order valence-corrected chi connectivity index (χ1v) is 7.25. The van der Waals surface area contributed by atoms with Crippen LogP contribution in [0.1, 0.15) is 23.9 Å². The van der Waals surface area contributed by atoms with Crippen molar-refractivity contribution in [3.05, 3.63) is 41.2 Å². The predicted octanol–water partition coefficient (Wildman–Crippen LogP) is 3.98. The summed E-state index contributed by atoms with van der Waals surface area (Å²) in [5.74, 6) is 1.69. The lowest BCUT2D eigenvalue weighted by Crippen LogP contribution is -2.02. The first-order chi connectivity index (χ1) is 9.08. The van der Waals surface area contributed by atoms with Gasteiger partial charge in [-0.05, 0) is 39.3 Å². The number of anilines is 1. The van der Waals surface area contributed by atoms with Crippen molar-refractivity contribution in [1.29, 1.82) is 0 Å². The molecule has 1 N–H and O–H groups in total. The normalized spacial score (nSPS) is 10.5. The van der Waals surface area contributed by atoms with Gasteiger partial charge in [-0.25, -0.2) is 9.97 Å². The first kappa shape index (κ1) is 13.9. The minimum atomic E-state index is 0.797. The zero-order valence-electron chi connectivity index (χ0n) is 11.8. The summed E-state index contributed by atoms with van der Waals surface area (Å²) >= 11 is 1.69. The van der Waals surface area contributed by atoms with Crippen LogP contribution >= 0.6 is 11.8 Å². The molecule has 2 rings (SSSR count). The van der Waals surface area contributed by atoms with Crippen molar-refractivity contribution in [2.24, 2.45) is 0 Å². The summed E-state index contributed by atoms with van der Waals surface area (Å²) < 4.78 is 0. The smallest absolute Gasteiger partial charge is 0.130 e. The molecule has 19 heavy (non-hydrogen) atoms. The van der Waals surface area contributed by atoms with E-state index in [0.29, 0.717) is 0 Å². The molecule has 4 heteroatoms. The maximum atomic E-state index is 4.49. The van der Waals surface area contributed by atoms with Gasteiger partial charge in [0.05, 0.1) is 0 Å². The molecule has 0 unspecified atom stereocenters. The van der Waals surface area contributed by atoms with Crippen molar-refractivity contribution in [3.63, 3.8) is 0 Å². The molecule has 0 fully saturated rings. The van der Waals surface area contributed by atoms with Crippen LogP contribution < -0.4 is 5.32 Å². The number of nitrogens with one attached hydrogen (secondary N) is 1. The Hall–Kier alpha value is -1.55. The topological polar surface area (TPSA) is 37.8 Å². The van der Waals surface area contributed by atoms with Gasteiger partial charge in [0.15, 0.2) is 0 Å². The zero-order valence-corrected chi connectivity index (χ0v) is 12.6. The van der Waals surface area contributed by atoms with Gasteiger partial charge in [0, 0.05) is 17.5 Å². The van der Waals surface area contributed by atoms with Gasteiger partial charge in [0.25, 0.3) is 0 Å². The second kappa shape index (κ2) is 6.06. The Morgan fingerprint density at radius 3 is 2.58 bits per heavy atom. The second-order valence-corrected chi connectivity index (χ2v) is 5.60. The van der Waals surface area contributed by atoms with E-state index in [4.69, 9.17) is 0 Å². The number of aromatic nitrogens is 2. The lowest BCUT2D eigenvalue weighted by atomic mass is 10.2. The Morgan fingerprint density at radius 2 is 1.89 bits per heavy atom. The van der Waals surface area contributed by atoms with Gasteiger partial charge in [0.2, 0.25) is 0 Å². The molecule has 3 nitrogen and oxygen atoms in total. The third-order valence-electron chi connectivity index (χ3n) is 2.72. The van der Waals surface area contributed by atoms with E-state index in [9.17, 15) is 0 Å². The van der Waals surface area contributed by atoms with E-state index in [1.807, 2.05) is 13.0 Å². The van der Waals surface area contributed by atoms with Gasteiger partial charge >= 0.3 is 0 Å². The van der Waals surface area contributed by atoms with Crippen molar-refractivity contribution in [2.45, 2.75) is 37.6 Å². The van der Waals surface area contributed by atoms with Gasteiger partial charge in [0.1, 0.15) is 16.7 Å². The van der Waals surface area contributed by atoms with E-state index < -0.39 is 0 Å². The lowest BCUT2D eigenvalue weighted by Gasteiger charge is -2.08. The fourth-order valence-electron chi connectivity index (χ4n) is 1.89. The highest BCUT2D eigenvalue weighted by Gasteiger charge is 2.06. The molecular formula is C15H19N3S. The number of aryl methyl sites for hydroxylation is 3. The second-order valence-electron chi connectivity index (χ2n) is 4.54. The summed E-state index contributed by atoms with van der Waals surface area (Å²) in [7, 11) is 0. The Kier molecular flexibility index (Phi) is 4.43. The quantitative estimate of drug-likeness (QED) is 0.855. The van der Waals surface area contributed by atoms with Crippen LogP contribution in [0, 0.1) is 20.8 Å². The highest BCUT2D eigenvalue weighted by atomic mass is 32.2. The van der Waals surface area contributed by atoms with E-state index in [2.05, 4.69) is 54.3 Å². The molecule has 0 saturated heterocycles. The van der Waals surface area contributed by atoms with E-state index >= 15 is 0 Å². The molecule has 1 aromatic carbocycles. The molecule has 0 saturated carbocycles. The highest BCUT2D eigenvalue weighted by Crippen LogP contribution is 2.30. The Morgan fingerprint density at radius 1 is 1.11 bits per heavy atom. The third kappa shape index (κ3) is 3.70. The van der Waals surface area contributed by atoms with Crippen molar-refractivity contribution < 1.29 is 0 Å². The molecule has 0 atom stereocenters. The van der Waals surface area contributed by atoms with Crippen molar-refractivity contribution in [1.82, 2.24) is 9.97 Å². The monoisotopic (exact) mass is 273 g/mol. The molecule has 0 spiro atoms. The van der Waals surface area contributed by atoms with Crippen LogP contribution in [0.3, 0.4) is 0 Å². The fraction of sp³-hybridized carbons (Fsp3) is 0.333. The van der Waals surface area contributed by atoms with Crippen molar-refractivity contribution in [2.75, 3.05) is 11.9 Å². The minimum absolute atomic E-state index is 0.797. The molecule has 0 bridgehead atoms. The summed E-state index contributed by atoms with van der Waals surface area (Å²) in [6.07, 6.45) is 0. The molecule has 0 aliphatic carbocycles. The number of benzene rings is 1. The Labute approximate surface area is 118 Å². The summed E-state index contributed by atoms with van der Waals surface area (Å²) in [5.41, 5.74) is 2.57. The molecule has 0 aliphatic rings. The first-order valence-electron chi connectivity index (χ1n) is 6.43. The SMILES string of the molecule is CCNc1cc(Sc2ccc(C)cc2C)nc(C)n1. The lowest BCUT2D eigenvalue weighted by molar-refractivity contribution is 0.960. The van der Waals surface area contributed by atoms with Crippen LogP contribution in [0.2, 0.25) is 0 Å². The number of nitrogens with zero attached hydrogens (tertiary/aromatic N) is 2. The summed E-state index contributed by atoms with van der Waals surface area (Å²) in [6, 6.07) is 8.48.